The fourth-order valence-corrected chi connectivity index (χ4v) is 3.53. The fourth-order valence-electron chi connectivity index (χ4n) is 3.53. The number of hydrogen-bond acceptors (Lipinski definition) is 4. The van der Waals surface area contributed by atoms with Crippen LogP contribution in [0.5, 0.6) is 0 Å². The van der Waals surface area contributed by atoms with Gasteiger partial charge in [0.2, 0.25) is 0 Å². The van der Waals surface area contributed by atoms with Gasteiger partial charge in [-0.1, -0.05) is 30.3 Å². The van der Waals surface area contributed by atoms with Crippen LogP contribution < -0.4 is 0 Å². The molecule has 0 radical (unpaired) electrons. The van der Waals surface area contributed by atoms with Gasteiger partial charge in [0.05, 0.1) is 0 Å². The predicted octanol–water partition coefficient (Wildman–Crippen LogP) is 2.44. The lowest BCUT2D eigenvalue weighted by Crippen LogP contribution is -2.34. The molecule has 0 saturated carbocycles. The van der Waals surface area contributed by atoms with E-state index >= 15 is 0 Å². The van der Waals surface area contributed by atoms with Crippen molar-refractivity contribution in [3.63, 3.8) is 0 Å². The molecule has 0 bridgehead atoms. The summed E-state index contributed by atoms with van der Waals surface area (Å²) in [6.07, 6.45) is 4.82. The maximum absolute atomic E-state index is 4.27. The molecule has 5 nitrogen and oxygen atoms in total. The van der Waals surface area contributed by atoms with Gasteiger partial charge in [-0.05, 0) is 36.7 Å². The smallest absolute Gasteiger partial charge is 0.155 e. The highest BCUT2D eigenvalue weighted by Crippen LogP contribution is 2.19. The molecule has 124 valence electrons. The van der Waals surface area contributed by atoms with Crippen molar-refractivity contribution < 1.29 is 0 Å². The molecule has 1 unspecified atom stereocenters. The summed E-state index contributed by atoms with van der Waals surface area (Å²) in [5.74, 6) is 0. The van der Waals surface area contributed by atoms with Gasteiger partial charge in [-0.3, -0.25) is 9.80 Å². The highest BCUT2D eigenvalue weighted by atomic mass is 15.3. The minimum atomic E-state index is 0.614. The van der Waals surface area contributed by atoms with Gasteiger partial charge in [0, 0.05) is 38.4 Å². The van der Waals surface area contributed by atoms with E-state index in [0.29, 0.717) is 6.04 Å². The van der Waals surface area contributed by atoms with Crippen molar-refractivity contribution in [2.24, 2.45) is 0 Å². The van der Waals surface area contributed by atoms with E-state index in [2.05, 4.69) is 69.4 Å². The van der Waals surface area contributed by atoms with E-state index in [-0.39, 0.29) is 0 Å². The first-order valence-electron chi connectivity index (χ1n) is 8.53. The van der Waals surface area contributed by atoms with E-state index in [0.717, 1.165) is 25.3 Å². The summed E-state index contributed by atoms with van der Waals surface area (Å²) in [6.45, 7) is 4.32. The number of likely N-dealkylation sites (tertiary alicyclic amines) is 1. The molecule has 3 aromatic rings. The molecule has 5 heteroatoms. The average Bonchev–Trinajstić information content (AvgIpc) is 3.24. The van der Waals surface area contributed by atoms with E-state index in [1.165, 1.54) is 24.1 Å². The van der Waals surface area contributed by atoms with Crippen LogP contribution in [0.3, 0.4) is 0 Å². The Morgan fingerprint density at radius 2 is 2.04 bits per heavy atom. The largest absolute Gasteiger partial charge is 0.298 e. The topological polar surface area (TPSA) is 36.7 Å². The van der Waals surface area contributed by atoms with Crippen molar-refractivity contribution in [3.8, 4) is 0 Å². The second-order valence-corrected chi connectivity index (χ2v) is 6.68. The Bertz CT molecular complexity index is 798. The number of fused-ring (bicyclic) bond motifs is 1. The third kappa shape index (κ3) is 3.32. The van der Waals surface area contributed by atoms with E-state index in [1.54, 1.807) is 10.8 Å². The first-order chi connectivity index (χ1) is 11.8. The highest BCUT2D eigenvalue weighted by Gasteiger charge is 2.25. The third-order valence-electron chi connectivity index (χ3n) is 4.90. The number of hydrogen-bond donors (Lipinski definition) is 0. The second kappa shape index (κ2) is 6.71. The average molecular weight is 321 g/mol. The van der Waals surface area contributed by atoms with Crippen molar-refractivity contribution in [3.05, 3.63) is 66.1 Å². The molecule has 0 spiro atoms. The van der Waals surface area contributed by atoms with Crippen molar-refractivity contribution in [2.45, 2.75) is 25.6 Å². The molecule has 4 rings (SSSR count). The number of nitrogens with zero attached hydrogens (tertiary/aromatic N) is 5. The van der Waals surface area contributed by atoms with Gasteiger partial charge in [0.25, 0.3) is 0 Å². The summed E-state index contributed by atoms with van der Waals surface area (Å²) in [4.78, 5) is 9.29. The summed E-state index contributed by atoms with van der Waals surface area (Å²) >= 11 is 0. The third-order valence-corrected chi connectivity index (χ3v) is 4.90. The lowest BCUT2D eigenvalue weighted by molar-refractivity contribution is 0.222. The Balaban J connectivity index is 1.35. The van der Waals surface area contributed by atoms with Gasteiger partial charge >= 0.3 is 0 Å². The molecule has 1 saturated heterocycles. The zero-order chi connectivity index (χ0) is 16.4. The number of rotatable bonds is 5. The SMILES string of the molecule is CN(Cc1ccn2ncnc2c1)C1CCN(Cc2ccccc2)C1. The van der Waals surface area contributed by atoms with Gasteiger partial charge in [0.15, 0.2) is 5.65 Å². The predicted molar refractivity (Wildman–Crippen MR) is 94.6 cm³/mol. The number of benzene rings is 1. The maximum atomic E-state index is 4.27. The van der Waals surface area contributed by atoms with Crippen molar-refractivity contribution >= 4 is 5.65 Å². The molecule has 1 fully saturated rings. The minimum Gasteiger partial charge on any atom is -0.298 e. The number of likely N-dealkylation sites (N-methyl/N-ethyl adjacent to an activating group) is 1. The quantitative estimate of drug-likeness (QED) is 0.723. The van der Waals surface area contributed by atoms with Crippen molar-refractivity contribution in [1.82, 2.24) is 24.4 Å². The van der Waals surface area contributed by atoms with E-state index in [1.807, 2.05) is 6.20 Å². The zero-order valence-electron chi connectivity index (χ0n) is 14.0. The monoisotopic (exact) mass is 321 g/mol. The summed E-state index contributed by atoms with van der Waals surface area (Å²) in [5, 5.41) is 4.15. The van der Waals surface area contributed by atoms with Gasteiger partial charge < -0.3 is 0 Å². The summed E-state index contributed by atoms with van der Waals surface area (Å²) in [7, 11) is 2.23. The van der Waals surface area contributed by atoms with Crippen molar-refractivity contribution in [1.29, 1.82) is 0 Å². The maximum Gasteiger partial charge on any atom is 0.155 e. The van der Waals surface area contributed by atoms with Crippen molar-refractivity contribution in [2.75, 3.05) is 20.1 Å². The molecular formula is C19H23N5. The van der Waals surface area contributed by atoms with Crippen LogP contribution in [0.4, 0.5) is 0 Å². The standard InChI is InChI=1S/C19H23N5/c1-22(12-17-7-10-24-19(11-17)20-15-21-24)18-8-9-23(14-18)13-16-5-3-2-4-6-16/h2-7,10-11,15,18H,8-9,12-14H2,1H3. The molecule has 0 N–H and O–H groups in total. The minimum absolute atomic E-state index is 0.614. The van der Waals surface area contributed by atoms with Gasteiger partial charge in [0.1, 0.15) is 6.33 Å². The molecule has 1 aliphatic heterocycles. The summed E-state index contributed by atoms with van der Waals surface area (Å²) < 4.78 is 1.81. The lowest BCUT2D eigenvalue weighted by Gasteiger charge is -2.25. The van der Waals surface area contributed by atoms with Crippen LogP contribution in [-0.4, -0.2) is 50.6 Å². The Kier molecular flexibility index (Phi) is 4.28. The zero-order valence-corrected chi connectivity index (χ0v) is 14.0. The molecule has 0 amide bonds. The molecule has 0 aliphatic carbocycles. The molecule has 1 aliphatic rings. The van der Waals surface area contributed by atoms with Gasteiger partial charge in [-0.15, -0.1) is 0 Å². The van der Waals surface area contributed by atoms with Gasteiger partial charge in [-0.25, -0.2) is 9.50 Å². The van der Waals surface area contributed by atoms with E-state index < -0.39 is 0 Å². The molecule has 24 heavy (non-hydrogen) atoms. The Morgan fingerprint density at radius 3 is 2.92 bits per heavy atom. The number of pyridine rings is 1. The van der Waals surface area contributed by atoms with Crippen LogP contribution in [0, 0.1) is 0 Å². The molecule has 2 aromatic heterocycles. The summed E-state index contributed by atoms with van der Waals surface area (Å²) in [5.41, 5.74) is 3.61. The van der Waals surface area contributed by atoms with Crippen LogP contribution in [-0.2, 0) is 13.1 Å². The van der Waals surface area contributed by atoms with Crippen LogP contribution in [0.2, 0.25) is 0 Å². The van der Waals surface area contributed by atoms with Crippen LogP contribution >= 0.6 is 0 Å². The van der Waals surface area contributed by atoms with E-state index in [4.69, 9.17) is 0 Å². The normalized spacial score (nSPS) is 18.7. The molecule has 3 heterocycles. The Morgan fingerprint density at radius 1 is 1.17 bits per heavy atom. The fraction of sp³-hybridized carbons (Fsp3) is 0.368. The number of aromatic nitrogens is 3. The van der Waals surface area contributed by atoms with Crippen LogP contribution in [0.15, 0.2) is 55.0 Å². The van der Waals surface area contributed by atoms with Crippen LogP contribution in [0.25, 0.3) is 5.65 Å². The Hall–Kier alpha value is -2.24. The van der Waals surface area contributed by atoms with Crippen LogP contribution in [0.1, 0.15) is 17.5 Å². The molecule has 1 aromatic carbocycles. The lowest BCUT2D eigenvalue weighted by atomic mass is 10.2. The highest BCUT2D eigenvalue weighted by molar-refractivity contribution is 5.39. The molecular weight excluding hydrogens is 298 g/mol. The molecule has 1 atom stereocenters. The Labute approximate surface area is 142 Å². The first kappa shape index (κ1) is 15.3. The van der Waals surface area contributed by atoms with Gasteiger partial charge in [-0.2, -0.15) is 5.10 Å². The second-order valence-electron chi connectivity index (χ2n) is 6.68. The summed E-state index contributed by atoms with van der Waals surface area (Å²) in [6, 6.07) is 15.6. The van der Waals surface area contributed by atoms with E-state index in [9.17, 15) is 0 Å². The first-order valence-corrected chi connectivity index (χ1v) is 8.53.